The molecule has 3 fully saturated rings. The molecule has 382 valence electrons. The van der Waals surface area contributed by atoms with Crippen molar-refractivity contribution in [1.29, 1.82) is 0 Å². The molecule has 68 heavy (non-hydrogen) atoms. The van der Waals surface area contributed by atoms with Gasteiger partial charge in [-0.25, -0.2) is 4.79 Å². The predicted octanol–water partition coefficient (Wildman–Crippen LogP) is 6.75. The number of methoxy groups -OCH3 is 3. The topological polar surface area (TPSA) is 201 Å². The highest BCUT2D eigenvalue weighted by Crippen LogP contribution is 2.38. The van der Waals surface area contributed by atoms with Gasteiger partial charge < -0.3 is 43.5 Å². The van der Waals surface area contributed by atoms with Crippen LogP contribution in [-0.2, 0) is 57.2 Å². The van der Waals surface area contributed by atoms with E-state index in [0.717, 1.165) is 5.57 Å². The van der Waals surface area contributed by atoms with E-state index in [1.54, 1.807) is 41.1 Å². The highest BCUT2D eigenvalue weighted by molar-refractivity contribution is 6.39. The van der Waals surface area contributed by atoms with Crippen LogP contribution in [0.25, 0.3) is 0 Å². The van der Waals surface area contributed by atoms with Crippen molar-refractivity contribution in [3.8, 4) is 0 Å². The number of aliphatic hydroxyl groups is 2. The molecule has 4 rings (SSSR count). The number of amides is 1. The molecule has 15 nitrogen and oxygen atoms in total. The number of hydrogen-bond acceptors (Lipinski definition) is 14. The number of ketones is 3. The van der Waals surface area contributed by atoms with E-state index < -0.39 is 83.9 Å². The smallest absolute Gasteiger partial charge is 0.329 e. The van der Waals surface area contributed by atoms with Crippen LogP contribution in [0.3, 0.4) is 0 Å². The molecule has 0 spiro atoms. The van der Waals surface area contributed by atoms with Gasteiger partial charge in [0, 0.05) is 65.4 Å². The van der Waals surface area contributed by atoms with E-state index >= 15 is 0 Å². The first kappa shape index (κ1) is 56.7. The number of cyclic esters (lactones) is 1. The molecule has 15 atom stereocenters. The van der Waals surface area contributed by atoms with Crippen molar-refractivity contribution < 1.29 is 67.4 Å². The molecule has 2 bridgehead atoms. The quantitative estimate of drug-likeness (QED) is 0.154. The first-order valence-electron chi connectivity index (χ1n) is 24.8. The second kappa shape index (κ2) is 26.4. The van der Waals surface area contributed by atoms with Crippen LogP contribution >= 0.6 is 0 Å². The van der Waals surface area contributed by atoms with Crippen molar-refractivity contribution in [2.75, 3.05) is 27.9 Å². The van der Waals surface area contributed by atoms with Gasteiger partial charge in [0.25, 0.3) is 11.7 Å². The molecule has 0 aromatic rings. The van der Waals surface area contributed by atoms with Gasteiger partial charge in [-0.15, -0.1) is 0 Å². The molecule has 3 heterocycles. The Morgan fingerprint density at radius 3 is 2.25 bits per heavy atom. The van der Waals surface area contributed by atoms with Crippen LogP contribution in [0.5, 0.6) is 0 Å². The lowest BCUT2D eigenvalue weighted by Crippen LogP contribution is -2.61. The fraction of sp³-hybridized carbons (Fsp3) is 0.736. The lowest BCUT2D eigenvalue weighted by atomic mass is 9.78. The van der Waals surface area contributed by atoms with Gasteiger partial charge >= 0.3 is 11.9 Å². The van der Waals surface area contributed by atoms with Crippen molar-refractivity contribution >= 4 is 35.2 Å². The number of fused-ring (bicyclic) bond motifs is 3. The van der Waals surface area contributed by atoms with E-state index in [2.05, 4.69) is 0 Å². The summed E-state index contributed by atoms with van der Waals surface area (Å²) in [7, 11) is 4.52. The number of allylic oxidation sites excluding steroid dienone is 6. The second-order valence-electron chi connectivity index (χ2n) is 20.2. The summed E-state index contributed by atoms with van der Waals surface area (Å²) < 4.78 is 35.1. The van der Waals surface area contributed by atoms with Crippen molar-refractivity contribution in [2.45, 2.75) is 187 Å². The SMILES string of the molecule is CO[C@H]1C[C@@H]2CC[C@@H](C)[C@@](O)(O2)C(=O)C(=O)N2CCCC[C@H]2C(=O)O[C@H]([C@H](C)C[C@@H]2CC[C@@H](OC(C)=O)[C@H](OC)C2)CC(=O)[C@H](C)/C=C(\C)[C@@H](O)[C@@H](OC)C(=O)[C@H](C)C[C@H](C)\C=C/C=C/C=C/1C. The van der Waals surface area contributed by atoms with E-state index in [1.807, 2.05) is 58.1 Å². The van der Waals surface area contributed by atoms with E-state index in [4.69, 9.17) is 28.4 Å². The second-order valence-corrected chi connectivity index (χ2v) is 20.2. The van der Waals surface area contributed by atoms with Crippen LogP contribution in [0, 0.1) is 35.5 Å². The summed E-state index contributed by atoms with van der Waals surface area (Å²) in [5.41, 5.74) is 1.25. The maximum absolute atomic E-state index is 14.4. The normalized spacial score (nSPS) is 39.0. The molecule has 0 radical (unpaired) electrons. The number of carbonyl (C=O) groups is 6. The minimum atomic E-state index is -2.44. The van der Waals surface area contributed by atoms with Crippen LogP contribution < -0.4 is 0 Å². The standard InChI is InChI=1S/C53H81NO14/c1-31-17-13-12-14-18-32(2)44(63-9)29-40-22-20-37(7)53(62,68-40)50(59)51(60)54-24-16-15-19-41(54)52(61)67-45(34(4)27-39-21-23-43(66-38(8)55)46(28-39)64-10)30-42(56)33(3)26-36(6)48(58)49(65-11)47(57)35(5)25-31/h12-14,17-18,26,31,33-35,37,39-41,43-46,48-49,58,62H,15-16,19-25,27-30H2,1-11H3/b14-12+,17-13-,32-18+,36-26+/t31-,33-,34-,35-,37-,39+,40+,41+,43-,44+,45+,46-,48-,49+,53-/m1/s1. The molecule has 15 heteroatoms. The van der Waals surface area contributed by atoms with Gasteiger partial charge in [0.15, 0.2) is 5.78 Å². The summed E-state index contributed by atoms with van der Waals surface area (Å²) in [4.78, 5) is 83.9. The summed E-state index contributed by atoms with van der Waals surface area (Å²) >= 11 is 0. The van der Waals surface area contributed by atoms with Crippen LogP contribution in [0.4, 0.5) is 0 Å². The summed E-state index contributed by atoms with van der Waals surface area (Å²) in [6, 6.07) is -1.16. The molecule has 0 aromatic carbocycles. The van der Waals surface area contributed by atoms with Crippen molar-refractivity contribution in [3.63, 3.8) is 0 Å². The number of piperidine rings is 1. The zero-order chi connectivity index (χ0) is 50.5. The minimum Gasteiger partial charge on any atom is -0.460 e. The Morgan fingerprint density at radius 1 is 0.868 bits per heavy atom. The minimum absolute atomic E-state index is 0.0110. The molecule has 0 unspecified atom stereocenters. The van der Waals surface area contributed by atoms with Crippen molar-refractivity contribution in [1.82, 2.24) is 4.90 Å². The molecular weight excluding hydrogens is 875 g/mol. The van der Waals surface area contributed by atoms with Crippen molar-refractivity contribution in [2.24, 2.45) is 35.5 Å². The predicted molar refractivity (Wildman–Crippen MR) is 255 cm³/mol. The third kappa shape index (κ3) is 15.1. The first-order chi connectivity index (χ1) is 32.1. The van der Waals surface area contributed by atoms with Crippen LogP contribution in [0.2, 0.25) is 0 Å². The third-order valence-corrected chi connectivity index (χ3v) is 14.8. The van der Waals surface area contributed by atoms with E-state index in [0.29, 0.717) is 69.8 Å². The van der Waals surface area contributed by atoms with Gasteiger partial charge in [0.2, 0.25) is 5.79 Å². The third-order valence-electron chi connectivity index (χ3n) is 14.8. The Kier molecular flexibility index (Phi) is 22.0. The summed E-state index contributed by atoms with van der Waals surface area (Å²) in [6.07, 6.45) is 11.2. The Bertz CT molecular complexity index is 1870. The lowest BCUT2D eigenvalue weighted by Gasteiger charge is -2.42. The fourth-order valence-electron chi connectivity index (χ4n) is 10.4. The largest absolute Gasteiger partial charge is 0.460 e. The summed E-state index contributed by atoms with van der Waals surface area (Å²) in [5, 5.41) is 23.4. The number of hydrogen-bond donors (Lipinski definition) is 2. The molecule has 1 amide bonds. The number of esters is 2. The Hall–Kier alpha value is -3.86. The summed E-state index contributed by atoms with van der Waals surface area (Å²) in [6.45, 7) is 14.1. The highest BCUT2D eigenvalue weighted by Gasteiger charge is 2.53. The van der Waals surface area contributed by atoms with Crippen LogP contribution in [-0.4, -0.2) is 133 Å². The molecule has 4 aliphatic rings. The van der Waals surface area contributed by atoms with Crippen LogP contribution in [0.1, 0.15) is 132 Å². The molecule has 2 saturated heterocycles. The molecule has 3 aliphatic heterocycles. The number of ether oxygens (including phenoxy) is 6. The molecule has 0 aromatic heterocycles. The molecule has 1 saturated carbocycles. The van der Waals surface area contributed by atoms with Gasteiger partial charge in [0.1, 0.15) is 36.2 Å². The number of carbonyl (C=O) groups excluding carboxylic acids is 6. The number of rotatable bonds is 7. The summed E-state index contributed by atoms with van der Waals surface area (Å²) in [5.74, 6) is -8.54. The average molecular weight is 956 g/mol. The monoisotopic (exact) mass is 956 g/mol. The van der Waals surface area contributed by atoms with Gasteiger partial charge in [-0.2, -0.15) is 0 Å². The Labute approximate surface area is 404 Å². The average Bonchev–Trinajstić information content (AvgIpc) is 3.30. The van der Waals surface area contributed by atoms with Gasteiger partial charge in [-0.05, 0) is 107 Å². The van der Waals surface area contributed by atoms with Gasteiger partial charge in [-0.3, -0.25) is 24.0 Å². The number of aliphatic hydroxyl groups excluding tert-OH is 1. The lowest BCUT2D eigenvalue weighted by molar-refractivity contribution is -0.265. The maximum Gasteiger partial charge on any atom is 0.329 e. The zero-order valence-corrected chi connectivity index (χ0v) is 42.5. The Morgan fingerprint density at radius 2 is 1.59 bits per heavy atom. The fourth-order valence-corrected chi connectivity index (χ4v) is 10.4. The van der Waals surface area contributed by atoms with Crippen molar-refractivity contribution in [3.05, 3.63) is 47.6 Å². The van der Waals surface area contributed by atoms with E-state index in [-0.39, 0.29) is 60.8 Å². The highest BCUT2D eigenvalue weighted by atomic mass is 16.6. The molecular formula is C53H81NO14. The zero-order valence-electron chi connectivity index (χ0n) is 42.5. The van der Waals surface area contributed by atoms with Crippen LogP contribution in [0.15, 0.2) is 47.6 Å². The number of nitrogens with zero attached hydrogens (tertiary/aromatic N) is 1. The first-order valence-corrected chi connectivity index (χ1v) is 24.8. The molecule has 1 aliphatic carbocycles. The Balaban J connectivity index is 1.70. The van der Waals surface area contributed by atoms with Gasteiger partial charge in [-0.1, -0.05) is 71.1 Å². The van der Waals surface area contributed by atoms with E-state index in [9.17, 15) is 39.0 Å². The number of Topliss-reactive ketones (excluding diaryl/α,β-unsaturated/α-hetero) is 3. The van der Waals surface area contributed by atoms with Gasteiger partial charge in [0.05, 0.1) is 18.3 Å². The maximum atomic E-state index is 14.4. The van der Waals surface area contributed by atoms with E-state index in [1.165, 1.54) is 18.9 Å². The molecule has 2 N–H and O–H groups in total.